The lowest BCUT2D eigenvalue weighted by atomic mass is 9.97. The van der Waals surface area contributed by atoms with Gasteiger partial charge in [-0.05, 0) is 51.9 Å². The lowest BCUT2D eigenvalue weighted by Crippen LogP contribution is -2.00. The highest BCUT2D eigenvalue weighted by atomic mass is 16.3. The van der Waals surface area contributed by atoms with Gasteiger partial charge in [-0.1, -0.05) is 152 Å². The molecule has 11 aromatic rings. The van der Waals surface area contributed by atoms with Gasteiger partial charge in [-0.25, -0.2) is 15.0 Å². The van der Waals surface area contributed by atoms with Gasteiger partial charge in [0.25, 0.3) is 0 Å². The largest absolute Gasteiger partial charge is 0.455 e. The second-order valence-electron chi connectivity index (χ2n) is 13.6. The molecule has 0 bridgehead atoms. The number of benzene rings is 8. The Morgan fingerprint density at radius 3 is 1.24 bits per heavy atom. The Morgan fingerprint density at radius 1 is 0.278 bits per heavy atom. The van der Waals surface area contributed by atoms with Crippen LogP contribution in [0.15, 0.2) is 185 Å². The zero-order chi connectivity index (χ0) is 35.6. The molecule has 0 N–H and O–H groups in total. The van der Waals surface area contributed by atoms with Crippen molar-refractivity contribution >= 4 is 54.6 Å². The van der Waals surface area contributed by atoms with Crippen LogP contribution in [0, 0.1) is 0 Å². The molecule has 0 unspecified atom stereocenters. The molecular weight excluding hydrogens is 663 g/mol. The predicted molar refractivity (Wildman–Crippen MR) is 219 cm³/mol. The van der Waals surface area contributed by atoms with E-state index in [1.165, 1.54) is 0 Å². The van der Waals surface area contributed by atoms with Crippen molar-refractivity contribution in [1.29, 1.82) is 0 Å². The monoisotopic (exact) mass is 691 g/mol. The second kappa shape index (κ2) is 12.1. The molecule has 8 aromatic carbocycles. The fraction of sp³-hybridized carbons (Fsp3) is 0. The van der Waals surface area contributed by atoms with Gasteiger partial charge in [0.15, 0.2) is 17.5 Å². The number of nitrogens with zero attached hydrogens (tertiary/aromatic N) is 3. The van der Waals surface area contributed by atoms with Gasteiger partial charge in [-0.15, -0.1) is 0 Å². The smallest absolute Gasteiger partial charge is 0.164 e. The lowest BCUT2D eigenvalue weighted by Gasteiger charge is -2.11. The molecule has 0 fully saturated rings. The van der Waals surface area contributed by atoms with Crippen LogP contribution in [0.3, 0.4) is 0 Å². The van der Waals surface area contributed by atoms with E-state index in [4.69, 9.17) is 23.8 Å². The number of fused-ring (bicyclic) bond motifs is 10. The van der Waals surface area contributed by atoms with Crippen molar-refractivity contribution in [2.24, 2.45) is 0 Å². The van der Waals surface area contributed by atoms with Crippen LogP contribution in [-0.2, 0) is 0 Å². The van der Waals surface area contributed by atoms with Crippen molar-refractivity contribution in [3.63, 3.8) is 0 Å². The number of aromatic nitrogens is 3. The third kappa shape index (κ3) is 4.90. The zero-order valence-electron chi connectivity index (χ0n) is 28.9. The Bertz CT molecular complexity index is 3080. The summed E-state index contributed by atoms with van der Waals surface area (Å²) < 4.78 is 13.2. The van der Waals surface area contributed by atoms with Gasteiger partial charge in [0, 0.05) is 38.2 Å². The molecule has 0 aliphatic carbocycles. The summed E-state index contributed by atoms with van der Waals surface area (Å²) in [4.78, 5) is 15.3. The summed E-state index contributed by atoms with van der Waals surface area (Å²) in [7, 11) is 0. The molecule has 252 valence electrons. The van der Waals surface area contributed by atoms with Crippen LogP contribution in [0.5, 0.6) is 0 Å². The first-order chi connectivity index (χ1) is 26.7. The van der Waals surface area contributed by atoms with Gasteiger partial charge in [-0.2, -0.15) is 0 Å². The maximum Gasteiger partial charge on any atom is 0.164 e. The fourth-order valence-electron chi connectivity index (χ4n) is 7.69. The summed E-state index contributed by atoms with van der Waals surface area (Å²) in [6.07, 6.45) is 0. The fourth-order valence-corrected chi connectivity index (χ4v) is 7.69. The van der Waals surface area contributed by atoms with Crippen molar-refractivity contribution in [1.82, 2.24) is 15.0 Å². The lowest BCUT2D eigenvalue weighted by molar-refractivity contribution is 0.665. The van der Waals surface area contributed by atoms with E-state index in [9.17, 15) is 0 Å². The first-order valence-electron chi connectivity index (χ1n) is 18.0. The van der Waals surface area contributed by atoms with Gasteiger partial charge in [0.05, 0.1) is 5.39 Å². The van der Waals surface area contributed by atoms with E-state index in [0.29, 0.717) is 17.5 Å². The quantitative estimate of drug-likeness (QED) is 0.180. The summed E-state index contributed by atoms with van der Waals surface area (Å²) in [6.45, 7) is 0. The van der Waals surface area contributed by atoms with Gasteiger partial charge in [0.1, 0.15) is 22.3 Å². The van der Waals surface area contributed by atoms with E-state index >= 15 is 0 Å². The highest BCUT2D eigenvalue weighted by molar-refractivity contribution is 6.33. The average molecular weight is 692 g/mol. The van der Waals surface area contributed by atoms with E-state index in [0.717, 1.165) is 93.6 Å². The molecule has 0 radical (unpaired) electrons. The topological polar surface area (TPSA) is 65.0 Å². The minimum Gasteiger partial charge on any atom is -0.455 e. The van der Waals surface area contributed by atoms with Crippen molar-refractivity contribution in [3.05, 3.63) is 176 Å². The molecule has 5 heteroatoms. The Balaban J connectivity index is 1.12. The van der Waals surface area contributed by atoms with Crippen LogP contribution in [0.1, 0.15) is 0 Å². The van der Waals surface area contributed by atoms with E-state index in [1.54, 1.807) is 0 Å². The Labute approximate surface area is 309 Å². The van der Waals surface area contributed by atoms with Gasteiger partial charge < -0.3 is 8.83 Å². The van der Waals surface area contributed by atoms with Crippen LogP contribution < -0.4 is 0 Å². The zero-order valence-corrected chi connectivity index (χ0v) is 28.9. The predicted octanol–water partition coefficient (Wildman–Crippen LogP) is 13.2. The molecule has 0 aliphatic rings. The Morgan fingerprint density at radius 2 is 0.685 bits per heavy atom. The molecule has 54 heavy (non-hydrogen) atoms. The number of hydrogen-bond acceptors (Lipinski definition) is 5. The van der Waals surface area contributed by atoms with Gasteiger partial charge in [0.2, 0.25) is 0 Å². The SMILES string of the molecule is c1ccc(-c2ccc(-c3nc(-c4ccc(-c5ccccc5)cc4)nc(-c4ccc5c(c4)c4c6ccccc6oc4c4c6ccccc6oc54)n3)cc2)cc1. The van der Waals surface area contributed by atoms with Crippen LogP contribution >= 0.6 is 0 Å². The molecule has 0 amide bonds. The molecule has 3 aromatic heterocycles. The molecule has 0 aliphatic heterocycles. The summed E-state index contributed by atoms with van der Waals surface area (Å²) in [6, 6.07) is 60.3. The number of para-hydroxylation sites is 2. The van der Waals surface area contributed by atoms with Crippen LogP contribution in [0.2, 0.25) is 0 Å². The van der Waals surface area contributed by atoms with Crippen molar-refractivity contribution in [3.8, 4) is 56.4 Å². The van der Waals surface area contributed by atoms with Crippen LogP contribution in [0.25, 0.3) is 111 Å². The van der Waals surface area contributed by atoms with Crippen molar-refractivity contribution < 1.29 is 8.83 Å². The number of hydrogen-bond donors (Lipinski definition) is 0. The van der Waals surface area contributed by atoms with Crippen LogP contribution in [0.4, 0.5) is 0 Å². The molecule has 11 rings (SSSR count). The number of rotatable bonds is 5. The summed E-state index contributed by atoms with van der Waals surface area (Å²) in [5.74, 6) is 1.80. The summed E-state index contributed by atoms with van der Waals surface area (Å²) in [5, 5.41) is 6.14. The standard InChI is InChI=1S/C49H29N3O2/c1-3-11-30(12-4-1)32-19-23-34(24-20-32)47-50-48(35-25-21-33(22-26-35)31-13-5-2-6-14-31)52-49(51-47)36-27-28-37-40(29-36)43-38-15-7-9-17-41(38)54-46(43)44-39-16-8-10-18-42(39)53-45(37)44/h1-29H. The van der Waals surface area contributed by atoms with Gasteiger partial charge in [-0.3, -0.25) is 0 Å². The van der Waals surface area contributed by atoms with E-state index in [1.807, 2.05) is 42.5 Å². The molecule has 0 saturated heterocycles. The Hall–Kier alpha value is -7.37. The maximum atomic E-state index is 6.62. The minimum atomic E-state index is 0.585. The molecule has 3 heterocycles. The molecule has 0 spiro atoms. The van der Waals surface area contributed by atoms with Crippen molar-refractivity contribution in [2.45, 2.75) is 0 Å². The van der Waals surface area contributed by atoms with Crippen molar-refractivity contribution in [2.75, 3.05) is 0 Å². The van der Waals surface area contributed by atoms with Crippen LogP contribution in [-0.4, -0.2) is 15.0 Å². The first kappa shape index (κ1) is 30.3. The van der Waals surface area contributed by atoms with E-state index < -0.39 is 0 Å². The van der Waals surface area contributed by atoms with E-state index in [-0.39, 0.29) is 0 Å². The minimum absolute atomic E-state index is 0.585. The highest BCUT2D eigenvalue weighted by Crippen LogP contribution is 2.45. The molecule has 0 saturated carbocycles. The number of furan rings is 2. The summed E-state index contributed by atoms with van der Waals surface area (Å²) in [5.41, 5.74) is 10.6. The maximum absolute atomic E-state index is 6.62. The summed E-state index contributed by atoms with van der Waals surface area (Å²) >= 11 is 0. The van der Waals surface area contributed by atoms with Gasteiger partial charge >= 0.3 is 0 Å². The Kier molecular flexibility index (Phi) is 6.79. The second-order valence-corrected chi connectivity index (χ2v) is 13.6. The normalized spacial score (nSPS) is 11.7. The van der Waals surface area contributed by atoms with E-state index in [2.05, 4.69) is 133 Å². The first-order valence-corrected chi connectivity index (χ1v) is 18.0. The third-order valence-corrected chi connectivity index (χ3v) is 10.3. The highest BCUT2D eigenvalue weighted by Gasteiger charge is 2.22. The average Bonchev–Trinajstić information content (AvgIpc) is 3.84. The molecular formula is C49H29N3O2. The molecule has 0 atom stereocenters. The molecule has 5 nitrogen and oxygen atoms in total. The third-order valence-electron chi connectivity index (χ3n) is 10.3.